The Labute approximate surface area is 98.5 Å². The number of Topliss-reactive ketones (excluding diaryl/α,β-unsaturated/α-hetero) is 1. The summed E-state index contributed by atoms with van der Waals surface area (Å²) in [5, 5.41) is 0.328. The van der Waals surface area contributed by atoms with E-state index < -0.39 is 29.5 Å². The molecule has 0 unspecified atom stereocenters. The molecule has 0 radical (unpaired) electrons. The van der Waals surface area contributed by atoms with Crippen molar-refractivity contribution in [1.82, 2.24) is 0 Å². The first-order valence-electron chi connectivity index (χ1n) is 4.38. The normalized spacial score (nSPS) is 10.6. The molecule has 1 rings (SSSR count). The second-order valence-electron chi connectivity index (χ2n) is 2.85. The van der Waals surface area contributed by atoms with Gasteiger partial charge in [-0.2, -0.15) is 8.78 Å². The molecule has 0 N–H and O–H groups in total. The summed E-state index contributed by atoms with van der Waals surface area (Å²) in [6, 6.07) is 3.37. The predicted molar refractivity (Wildman–Crippen MR) is 55.8 cm³/mol. The molecule has 16 heavy (non-hydrogen) atoms. The van der Waals surface area contributed by atoms with Crippen molar-refractivity contribution in [3.05, 3.63) is 29.6 Å². The predicted octanol–water partition coefficient (Wildman–Crippen LogP) is 3.39. The van der Waals surface area contributed by atoms with Crippen molar-refractivity contribution < 1.29 is 22.7 Å². The number of alkyl halides is 3. The van der Waals surface area contributed by atoms with E-state index in [1.54, 1.807) is 0 Å². The van der Waals surface area contributed by atoms with Gasteiger partial charge >= 0.3 is 6.61 Å². The molecule has 0 bridgehead atoms. The molecule has 2 nitrogen and oxygen atoms in total. The molecule has 0 amide bonds. The largest absolute Gasteiger partial charge is 0.434 e. The second-order valence-corrected chi connectivity index (χ2v) is 3.65. The molecular weight excluding hydrogens is 289 g/mol. The zero-order valence-electron chi connectivity index (χ0n) is 8.05. The summed E-state index contributed by atoms with van der Waals surface area (Å²) in [6.45, 7) is -3.09. The van der Waals surface area contributed by atoms with E-state index in [0.29, 0.717) is 5.33 Å². The summed E-state index contributed by atoms with van der Waals surface area (Å²) < 4.78 is 41.4. The van der Waals surface area contributed by atoms with E-state index in [-0.39, 0.29) is 6.42 Å². The minimum atomic E-state index is -3.09. The summed E-state index contributed by atoms with van der Waals surface area (Å²) in [6.07, 6.45) is 0.0144. The number of benzene rings is 1. The van der Waals surface area contributed by atoms with Crippen molar-refractivity contribution in [2.45, 2.75) is 13.0 Å². The first kappa shape index (κ1) is 13.0. The zero-order valence-corrected chi connectivity index (χ0v) is 9.64. The van der Waals surface area contributed by atoms with Crippen LogP contribution in [-0.2, 0) is 0 Å². The maximum Gasteiger partial charge on any atom is 0.387 e. The van der Waals surface area contributed by atoms with Crippen LogP contribution in [0.4, 0.5) is 13.2 Å². The van der Waals surface area contributed by atoms with E-state index in [4.69, 9.17) is 0 Å². The Kier molecular flexibility index (Phi) is 4.79. The first-order chi connectivity index (χ1) is 7.56. The van der Waals surface area contributed by atoms with Crippen molar-refractivity contribution in [2.75, 3.05) is 5.33 Å². The van der Waals surface area contributed by atoms with Crippen LogP contribution in [0.5, 0.6) is 5.75 Å². The van der Waals surface area contributed by atoms with Gasteiger partial charge in [-0.05, 0) is 12.1 Å². The number of hydrogen-bond acceptors (Lipinski definition) is 2. The van der Waals surface area contributed by atoms with Gasteiger partial charge in [0, 0.05) is 11.8 Å². The Morgan fingerprint density at radius 1 is 1.44 bits per heavy atom. The van der Waals surface area contributed by atoms with Crippen LogP contribution in [0.1, 0.15) is 16.8 Å². The van der Waals surface area contributed by atoms with Crippen LogP contribution >= 0.6 is 15.9 Å². The average molecular weight is 297 g/mol. The van der Waals surface area contributed by atoms with Gasteiger partial charge in [0.15, 0.2) is 5.78 Å². The fraction of sp³-hybridized carbons (Fsp3) is 0.300. The molecule has 0 heterocycles. The minimum Gasteiger partial charge on any atom is -0.434 e. The molecule has 0 atom stereocenters. The van der Waals surface area contributed by atoms with Gasteiger partial charge in [-0.25, -0.2) is 4.39 Å². The molecule has 0 aliphatic heterocycles. The Hall–Kier alpha value is -1.04. The van der Waals surface area contributed by atoms with E-state index in [1.165, 1.54) is 6.07 Å². The third-order valence-electron chi connectivity index (χ3n) is 1.79. The number of carbonyl (C=O) groups is 1. The number of hydrogen-bond donors (Lipinski definition) is 0. The summed E-state index contributed by atoms with van der Waals surface area (Å²) in [7, 11) is 0. The Bertz CT molecular complexity index is 382. The molecule has 1 aromatic carbocycles. The number of ether oxygens (including phenoxy) is 1. The van der Waals surface area contributed by atoms with Gasteiger partial charge in [-0.3, -0.25) is 4.79 Å². The van der Waals surface area contributed by atoms with Crippen LogP contribution in [0.2, 0.25) is 0 Å². The third-order valence-corrected chi connectivity index (χ3v) is 2.19. The Morgan fingerprint density at radius 3 is 2.69 bits per heavy atom. The molecule has 0 aliphatic rings. The third kappa shape index (κ3) is 3.23. The van der Waals surface area contributed by atoms with E-state index in [2.05, 4.69) is 20.7 Å². The second kappa shape index (κ2) is 5.89. The average Bonchev–Trinajstić information content (AvgIpc) is 2.16. The molecule has 1 aromatic rings. The van der Waals surface area contributed by atoms with Gasteiger partial charge in [-0.1, -0.05) is 22.0 Å². The summed E-state index contributed by atoms with van der Waals surface area (Å²) >= 11 is 3.02. The zero-order chi connectivity index (χ0) is 12.1. The highest BCUT2D eigenvalue weighted by Gasteiger charge is 2.19. The van der Waals surface area contributed by atoms with Crippen molar-refractivity contribution >= 4 is 21.7 Å². The maximum absolute atomic E-state index is 13.3. The van der Waals surface area contributed by atoms with E-state index in [9.17, 15) is 18.0 Å². The van der Waals surface area contributed by atoms with Crippen molar-refractivity contribution in [3.63, 3.8) is 0 Å². The van der Waals surface area contributed by atoms with E-state index >= 15 is 0 Å². The van der Waals surface area contributed by atoms with Gasteiger partial charge in [0.05, 0.1) is 5.56 Å². The van der Waals surface area contributed by atoms with E-state index in [1.807, 2.05) is 0 Å². The summed E-state index contributed by atoms with van der Waals surface area (Å²) in [5.41, 5.74) is -0.428. The standard InChI is InChI=1S/C10H8BrF3O2/c11-5-4-7(15)9-6(12)2-1-3-8(9)16-10(13)14/h1-3,10H,4-5H2. The lowest BCUT2D eigenvalue weighted by Gasteiger charge is -2.09. The first-order valence-corrected chi connectivity index (χ1v) is 5.51. The number of rotatable bonds is 5. The highest BCUT2D eigenvalue weighted by atomic mass is 79.9. The monoisotopic (exact) mass is 296 g/mol. The fourth-order valence-corrected chi connectivity index (χ4v) is 1.54. The van der Waals surface area contributed by atoms with Gasteiger partial charge < -0.3 is 4.74 Å². The molecule has 0 aromatic heterocycles. The molecule has 0 spiro atoms. The minimum absolute atomic E-state index is 0.0144. The smallest absolute Gasteiger partial charge is 0.387 e. The Balaban J connectivity index is 3.07. The molecule has 6 heteroatoms. The lowest BCUT2D eigenvalue weighted by atomic mass is 10.1. The lowest BCUT2D eigenvalue weighted by Crippen LogP contribution is -2.10. The van der Waals surface area contributed by atoms with Gasteiger partial charge in [0.2, 0.25) is 0 Å². The molecule has 0 saturated heterocycles. The lowest BCUT2D eigenvalue weighted by molar-refractivity contribution is -0.0503. The van der Waals surface area contributed by atoms with Gasteiger partial charge in [0.25, 0.3) is 0 Å². The van der Waals surface area contributed by atoms with Crippen LogP contribution < -0.4 is 4.74 Å². The number of ketones is 1. The quantitative estimate of drug-likeness (QED) is 0.615. The van der Waals surface area contributed by atoms with Crippen LogP contribution in [0.25, 0.3) is 0 Å². The summed E-state index contributed by atoms with van der Waals surface area (Å²) in [5.74, 6) is -1.87. The topological polar surface area (TPSA) is 26.3 Å². The van der Waals surface area contributed by atoms with Gasteiger partial charge in [0.1, 0.15) is 11.6 Å². The van der Waals surface area contributed by atoms with Gasteiger partial charge in [-0.15, -0.1) is 0 Å². The molecule has 0 saturated carbocycles. The number of halogens is 4. The molecular formula is C10H8BrF3O2. The van der Waals surface area contributed by atoms with Crippen LogP contribution in [0.15, 0.2) is 18.2 Å². The molecule has 88 valence electrons. The van der Waals surface area contributed by atoms with Crippen LogP contribution in [0, 0.1) is 5.82 Å². The summed E-state index contributed by atoms with van der Waals surface area (Å²) in [4.78, 5) is 11.5. The number of carbonyl (C=O) groups excluding carboxylic acids is 1. The van der Waals surface area contributed by atoms with E-state index in [0.717, 1.165) is 12.1 Å². The fourth-order valence-electron chi connectivity index (χ4n) is 1.18. The van der Waals surface area contributed by atoms with Crippen molar-refractivity contribution in [1.29, 1.82) is 0 Å². The highest BCUT2D eigenvalue weighted by molar-refractivity contribution is 9.09. The highest BCUT2D eigenvalue weighted by Crippen LogP contribution is 2.24. The molecule has 0 fully saturated rings. The van der Waals surface area contributed by atoms with Crippen LogP contribution in [0.3, 0.4) is 0 Å². The molecule has 0 aliphatic carbocycles. The van der Waals surface area contributed by atoms with Crippen molar-refractivity contribution in [3.8, 4) is 5.75 Å². The SMILES string of the molecule is O=C(CCBr)c1c(F)cccc1OC(F)F. The van der Waals surface area contributed by atoms with Crippen molar-refractivity contribution in [2.24, 2.45) is 0 Å². The Morgan fingerprint density at radius 2 is 2.12 bits per heavy atom. The maximum atomic E-state index is 13.3. The van der Waals surface area contributed by atoms with Crippen LogP contribution in [-0.4, -0.2) is 17.7 Å².